The summed E-state index contributed by atoms with van der Waals surface area (Å²) in [7, 11) is 0. The normalized spacial score (nSPS) is 12.6. The monoisotopic (exact) mass is 1100 g/mol. The fourth-order valence-electron chi connectivity index (χ4n) is 11.3. The minimum absolute atomic E-state index is 0.0124. The predicted octanol–water partition coefficient (Wildman–Crippen LogP) is 22.9. The van der Waals surface area contributed by atoms with Crippen LogP contribution in [0.25, 0.3) is 0 Å². The average molecular weight is 1100 g/mol. The lowest BCUT2D eigenvalue weighted by Crippen LogP contribution is -2.45. The second-order valence-corrected chi connectivity index (χ2v) is 24.6. The highest BCUT2D eigenvalue weighted by Gasteiger charge is 2.20. The summed E-state index contributed by atoms with van der Waals surface area (Å²) >= 11 is 0. The first-order valence-electron chi connectivity index (χ1n) is 35.6. The van der Waals surface area contributed by atoms with Gasteiger partial charge in [0.1, 0.15) is 0 Å². The lowest BCUT2D eigenvalue weighted by atomic mass is 10.0. The van der Waals surface area contributed by atoms with E-state index in [9.17, 15) is 19.8 Å². The largest absolute Gasteiger partial charge is 0.466 e. The number of hydrogen-bond acceptors (Lipinski definition) is 5. The van der Waals surface area contributed by atoms with Crippen LogP contribution >= 0.6 is 0 Å². The predicted molar refractivity (Wildman–Crippen MR) is 343 cm³/mol. The Kier molecular flexibility index (Phi) is 66.4. The quantitative estimate of drug-likeness (QED) is 0.0320. The number of nitrogens with one attached hydrogen (secondary N) is 1. The molecular formula is C72H139NO5. The van der Waals surface area contributed by atoms with E-state index in [1.807, 2.05) is 0 Å². The van der Waals surface area contributed by atoms with Crippen molar-refractivity contribution in [2.75, 3.05) is 13.2 Å². The Hall–Kier alpha value is -1.66. The lowest BCUT2D eigenvalue weighted by molar-refractivity contribution is -0.143. The van der Waals surface area contributed by atoms with Gasteiger partial charge in [0.25, 0.3) is 0 Å². The van der Waals surface area contributed by atoms with Gasteiger partial charge in [0.05, 0.1) is 25.4 Å². The van der Waals surface area contributed by atoms with Crippen LogP contribution in [-0.4, -0.2) is 47.4 Å². The summed E-state index contributed by atoms with van der Waals surface area (Å²) in [5.74, 6) is -0.0289. The van der Waals surface area contributed by atoms with Gasteiger partial charge < -0.3 is 20.3 Å². The molecule has 0 aromatic carbocycles. The molecular weight excluding hydrogens is 959 g/mol. The molecule has 6 nitrogen and oxygen atoms in total. The van der Waals surface area contributed by atoms with E-state index in [0.29, 0.717) is 25.9 Å². The van der Waals surface area contributed by atoms with E-state index in [2.05, 4.69) is 43.5 Å². The van der Waals surface area contributed by atoms with Crippen LogP contribution in [0.1, 0.15) is 399 Å². The van der Waals surface area contributed by atoms with Crippen molar-refractivity contribution in [3.05, 3.63) is 24.3 Å². The van der Waals surface area contributed by atoms with Crippen molar-refractivity contribution >= 4 is 11.9 Å². The maximum absolute atomic E-state index is 12.5. The molecule has 78 heavy (non-hydrogen) atoms. The fraction of sp³-hybridized carbons (Fsp3) is 0.917. The van der Waals surface area contributed by atoms with Crippen molar-refractivity contribution in [3.63, 3.8) is 0 Å². The summed E-state index contributed by atoms with van der Waals surface area (Å²) in [5.41, 5.74) is 0. The van der Waals surface area contributed by atoms with E-state index in [-0.39, 0.29) is 18.5 Å². The number of aliphatic hydroxyl groups excluding tert-OH is 2. The van der Waals surface area contributed by atoms with E-state index in [1.54, 1.807) is 0 Å². The van der Waals surface area contributed by atoms with Crippen molar-refractivity contribution in [3.8, 4) is 0 Å². The highest BCUT2D eigenvalue weighted by molar-refractivity contribution is 5.76. The number of rotatable bonds is 67. The maximum Gasteiger partial charge on any atom is 0.305 e. The van der Waals surface area contributed by atoms with E-state index in [4.69, 9.17) is 4.74 Å². The van der Waals surface area contributed by atoms with Crippen molar-refractivity contribution in [2.24, 2.45) is 0 Å². The summed E-state index contributed by atoms with van der Waals surface area (Å²) in [4.78, 5) is 24.6. The summed E-state index contributed by atoms with van der Waals surface area (Å²) < 4.78 is 5.50. The lowest BCUT2D eigenvalue weighted by Gasteiger charge is -2.22. The molecule has 0 saturated carbocycles. The number of esters is 1. The number of allylic oxidation sites excluding steroid dienone is 4. The molecule has 2 unspecified atom stereocenters. The Labute approximate surface area is 488 Å². The molecule has 0 radical (unpaired) electrons. The Balaban J connectivity index is 3.42. The third-order valence-corrected chi connectivity index (χ3v) is 16.8. The van der Waals surface area contributed by atoms with Gasteiger partial charge >= 0.3 is 5.97 Å². The molecule has 0 saturated heterocycles. The third kappa shape index (κ3) is 63.5. The van der Waals surface area contributed by atoms with Crippen LogP contribution in [0.2, 0.25) is 0 Å². The Morgan fingerprint density at radius 2 is 0.641 bits per heavy atom. The SMILES string of the molecule is CCCCCCCCCCCCCCCCCCCCCCC(O)C(CO)NC(=O)CCCCCCCCC/C=C\C/C=C\CCCCCCCCCCCOC(=O)CCCCCCCCCCCCCCCCCCCC. The molecule has 0 bridgehead atoms. The van der Waals surface area contributed by atoms with E-state index in [0.717, 1.165) is 44.9 Å². The second kappa shape index (κ2) is 67.8. The Bertz CT molecular complexity index is 1220. The molecule has 2 atom stereocenters. The van der Waals surface area contributed by atoms with Gasteiger partial charge in [-0.05, 0) is 57.8 Å². The molecule has 0 rings (SSSR count). The summed E-state index contributed by atoms with van der Waals surface area (Å²) in [6, 6.07) is -0.550. The van der Waals surface area contributed by atoms with Gasteiger partial charge in [-0.25, -0.2) is 0 Å². The van der Waals surface area contributed by atoms with Gasteiger partial charge in [-0.2, -0.15) is 0 Å². The third-order valence-electron chi connectivity index (χ3n) is 16.8. The standard InChI is InChI=1S/C72H139NO5/c1-3-5-7-9-11-13-15-17-19-21-23-29-32-36-40-44-48-52-56-60-64-70(75)69(68-74)73-71(76)65-61-57-53-49-45-41-37-33-30-27-25-24-26-28-31-35-39-43-47-51-55-59-63-67-78-72(77)66-62-58-54-50-46-42-38-34-22-20-18-16-14-12-10-8-6-4-2/h24,26-27,30,69-70,74-75H,3-23,25,28-29,31-68H2,1-2H3,(H,73,76)/b26-24-,30-27-. The molecule has 0 spiro atoms. The first-order valence-corrected chi connectivity index (χ1v) is 35.6. The van der Waals surface area contributed by atoms with Crippen LogP contribution < -0.4 is 5.32 Å². The van der Waals surface area contributed by atoms with Gasteiger partial charge in [-0.3, -0.25) is 9.59 Å². The van der Waals surface area contributed by atoms with Crippen LogP contribution in [0.4, 0.5) is 0 Å². The number of ether oxygens (including phenoxy) is 1. The fourth-order valence-corrected chi connectivity index (χ4v) is 11.3. The van der Waals surface area contributed by atoms with Crippen LogP contribution in [0.5, 0.6) is 0 Å². The van der Waals surface area contributed by atoms with E-state index >= 15 is 0 Å². The first-order chi connectivity index (χ1) is 38.5. The minimum Gasteiger partial charge on any atom is -0.466 e. The van der Waals surface area contributed by atoms with Gasteiger partial charge in [0, 0.05) is 12.8 Å². The van der Waals surface area contributed by atoms with Crippen molar-refractivity contribution < 1.29 is 24.5 Å². The molecule has 0 heterocycles. The van der Waals surface area contributed by atoms with Gasteiger partial charge in [0.2, 0.25) is 5.91 Å². The van der Waals surface area contributed by atoms with Crippen LogP contribution in [0.15, 0.2) is 24.3 Å². The molecule has 0 aliphatic rings. The molecule has 0 fully saturated rings. The molecule has 6 heteroatoms. The zero-order valence-corrected chi connectivity index (χ0v) is 52.9. The smallest absolute Gasteiger partial charge is 0.305 e. The minimum atomic E-state index is -0.672. The second-order valence-electron chi connectivity index (χ2n) is 24.6. The molecule has 3 N–H and O–H groups in total. The number of carbonyl (C=O) groups is 2. The first kappa shape index (κ1) is 76.3. The number of unbranched alkanes of at least 4 members (excludes halogenated alkanes) is 52. The number of hydrogen-bond donors (Lipinski definition) is 3. The van der Waals surface area contributed by atoms with Crippen LogP contribution in [0, 0.1) is 0 Å². The average Bonchev–Trinajstić information content (AvgIpc) is 3.44. The highest BCUT2D eigenvalue weighted by atomic mass is 16.5. The Morgan fingerprint density at radius 3 is 0.974 bits per heavy atom. The molecule has 0 aliphatic carbocycles. The summed E-state index contributed by atoms with van der Waals surface area (Å²) in [5, 5.41) is 23.4. The maximum atomic E-state index is 12.5. The highest BCUT2D eigenvalue weighted by Crippen LogP contribution is 2.19. The Morgan fingerprint density at radius 1 is 0.359 bits per heavy atom. The van der Waals surface area contributed by atoms with E-state index in [1.165, 1.54) is 321 Å². The zero-order valence-electron chi connectivity index (χ0n) is 52.9. The molecule has 0 aromatic heterocycles. The van der Waals surface area contributed by atoms with Gasteiger partial charge in [-0.15, -0.1) is 0 Å². The van der Waals surface area contributed by atoms with Crippen LogP contribution in [0.3, 0.4) is 0 Å². The number of aliphatic hydroxyl groups is 2. The van der Waals surface area contributed by atoms with Crippen molar-refractivity contribution in [2.45, 2.75) is 411 Å². The summed E-state index contributed by atoms with van der Waals surface area (Å²) in [6.07, 6.45) is 85.1. The molecule has 1 amide bonds. The van der Waals surface area contributed by atoms with Crippen molar-refractivity contribution in [1.29, 1.82) is 0 Å². The zero-order chi connectivity index (χ0) is 56.4. The van der Waals surface area contributed by atoms with Crippen LogP contribution in [-0.2, 0) is 14.3 Å². The van der Waals surface area contributed by atoms with E-state index < -0.39 is 12.1 Å². The number of amides is 1. The van der Waals surface area contributed by atoms with Gasteiger partial charge in [0.15, 0.2) is 0 Å². The molecule has 0 aromatic rings. The molecule has 0 aliphatic heterocycles. The molecule has 462 valence electrons. The van der Waals surface area contributed by atoms with Crippen molar-refractivity contribution in [1.82, 2.24) is 5.32 Å². The topological polar surface area (TPSA) is 95.9 Å². The van der Waals surface area contributed by atoms with Gasteiger partial charge in [-0.1, -0.05) is 353 Å². The summed E-state index contributed by atoms with van der Waals surface area (Å²) in [6.45, 7) is 4.99. The number of carbonyl (C=O) groups excluding carboxylic acids is 2.